The van der Waals surface area contributed by atoms with Gasteiger partial charge in [0.05, 0.1) is 0 Å². The predicted molar refractivity (Wildman–Crippen MR) is 65.2 cm³/mol. The Bertz CT molecular complexity index is 374. The lowest BCUT2D eigenvalue weighted by molar-refractivity contribution is 0.243. The average molecular weight is 219 g/mol. The molecule has 86 valence electrons. The maximum Gasteiger partial charge on any atom is 0.319 e. The molecule has 0 saturated heterocycles. The first kappa shape index (κ1) is 10.8. The molecule has 0 bridgehead atoms. The molecule has 2 rings (SSSR count). The highest BCUT2D eigenvalue weighted by atomic mass is 16.2. The molecule has 0 aromatic heterocycles. The molecule has 0 aliphatic heterocycles. The molecule has 4 nitrogen and oxygen atoms in total. The average Bonchev–Trinajstić information content (AvgIpc) is 2.15. The van der Waals surface area contributed by atoms with Crippen LogP contribution in [0, 0.1) is 5.92 Å². The second-order valence-electron chi connectivity index (χ2n) is 4.26. The fourth-order valence-electron chi connectivity index (χ4n) is 1.73. The minimum Gasteiger partial charge on any atom is -0.399 e. The SMILES string of the molecule is Nc1cccc(NC(=O)NCC2CCC2)c1. The van der Waals surface area contributed by atoms with E-state index in [2.05, 4.69) is 10.6 Å². The summed E-state index contributed by atoms with van der Waals surface area (Å²) in [5, 5.41) is 5.62. The summed E-state index contributed by atoms with van der Waals surface area (Å²) < 4.78 is 0. The quantitative estimate of drug-likeness (QED) is 0.682. The van der Waals surface area contributed by atoms with Crippen LogP contribution in [-0.4, -0.2) is 12.6 Å². The number of nitrogens with two attached hydrogens (primary N) is 1. The first-order valence-electron chi connectivity index (χ1n) is 5.64. The van der Waals surface area contributed by atoms with Crippen LogP contribution in [0.3, 0.4) is 0 Å². The van der Waals surface area contributed by atoms with Gasteiger partial charge in [-0.2, -0.15) is 0 Å². The van der Waals surface area contributed by atoms with Gasteiger partial charge in [-0.15, -0.1) is 0 Å². The molecule has 1 fully saturated rings. The van der Waals surface area contributed by atoms with Crippen LogP contribution in [0.15, 0.2) is 24.3 Å². The van der Waals surface area contributed by atoms with E-state index in [1.807, 2.05) is 12.1 Å². The van der Waals surface area contributed by atoms with Crippen molar-refractivity contribution in [2.75, 3.05) is 17.6 Å². The minimum atomic E-state index is -0.155. The van der Waals surface area contributed by atoms with Crippen molar-refractivity contribution in [2.45, 2.75) is 19.3 Å². The van der Waals surface area contributed by atoms with Gasteiger partial charge in [0.2, 0.25) is 0 Å². The van der Waals surface area contributed by atoms with Crippen molar-refractivity contribution in [3.05, 3.63) is 24.3 Å². The van der Waals surface area contributed by atoms with Crippen molar-refractivity contribution in [3.8, 4) is 0 Å². The Kier molecular flexibility index (Phi) is 3.29. The number of anilines is 2. The molecule has 1 aromatic carbocycles. The molecule has 1 aromatic rings. The van der Waals surface area contributed by atoms with Crippen molar-refractivity contribution in [1.29, 1.82) is 0 Å². The van der Waals surface area contributed by atoms with E-state index in [0.717, 1.165) is 12.2 Å². The van der Waals surface area contributed by atoms with Crippen LogP contribution in [0.2, 0.25) is 0 Å². The predicted octanol–water partition coefficient (Wildman–Crippen LogP) is 2.19. The van der Waals surface area contributed by atoms with E-state index in [-0.39, 0.29) is 6.03 Å². The Balaban J connectivity index is 1.77. The monoisotopic (exact) mass is 219 g/mol. The number of nitrogen functional groups attached to an aromatic ring is 1. The van der Waals surface area contributed by atoms with Crippen molar-refractivity contribution in [3.63, 3.8) is 0 Å². The summed E-state index contributed by atoms with van der Waals surface area (Å²) in [6.07, 6.45) is 3.76. The number of benzene rings is 1. The topological polar surface area (TPSA) is 67.1 Å². The summed E-state index contributed by atoms with van der Waals surface area (Å²) in [6.45, 7) is 0.772. The van der Waals surface area contributed by atoms with Gasteiger partial charge in [-0.25, -0.2) is 4.79 Å². The summed E-state index contributed by atoms with van der Waals surface area (Å²) in [6, 6.07) is 7.01. The van der Waals surface area contributed by atoms with E-state index in [0.29, 0.717) is 11.6 Å². The van der Waals surface area contributed by atoms with Gasteiger partial charge in [-0.1, -0.05) is 12.5 Å². The third kappa shape index (κ3) is 2.89. The number of urea groups is 1. The summed E-state index contributed by atoms with van der Waals surface area (Å²) in [5.74, 6) is 0.673. The maximum atomic E-state index is 11.5. The van der Waals surface area contributed by atoms with E-state index < -0.39 is 0 Å². The number of nitrogens with one attached hydrogen (secondary N) is 2. The van der Waals surface area contributed by atoms with Crippen LogP contribution in [0.4, 0.5) is 16.2 Å². The molecule has 0 unspecified atom stereocenters. The summed E-state index contributed by atoms with van der Waals surface area (Å²) in [4.78, 5) is 11.5. The zero-order chi connectivity index (χ0) is 11.4. The van der Waals surface area contributed by atoms with Gasteiger partial charge < -0.3 is 16.4 Å². The van der Waals surface area contributed by atoms with Crippen molar-refractivity contribution < 1.29 is 4.79 Å². The van der Waals surface area contributed by atoms with E-state index in [4.69, 9.17) is 5.73 Å². The lowest BCUT2D eigenvalue weighted by Crippen LogP contribution is -2.35. The maximum absolute atomic E-state index is 11.5. The zero-order valence-corrected chi connectivity index (χ0v) is 9.20. The number of carbonyl (C=O) groups is 1. The van der Waals surface area contributed by atoms with Gasteiger partial charge >= 0.3 is 6.03 Å². The zero-order valence-electron chi connectivity index (χ0n) is 9.20. The van der Waals surface area contributed by atoms with Crippen molar-refractivity contribution >= 4 is 17.4 Å². The molecule has 4 heteroatoms. The molecule has 2 amide bonds. The Labute approximate surface area is 95.2 Å². The molecule has 4 N–H and O–H groups in total. The van der Waals surface area contributed by atoms with E-state index >= 15 is 0 Å². The Hall–Kier alpha value is -1.71. The molecule has 0 spiro atoms. The summed E-state index contributed by atoms with van der Waals surface area (Å²) in [7, 11) is 0. The van der Waals surface area contributed by atoms with Gasteiger partial charge in [0.15, 0.2) is 0 Å². The highest BCUT2D eigenvalue weighted by Crippen LogP contribution is 2.25. The van der Waals surface area contributed by atoms with Crippen LogP contribution in [0.25, 0.3) is 0 Å². The van der Waals surface area contributed by atoms with Gasteiger partial charge in [0, 0.05) is 17.9 Å². The van der Waals surface area contributed by atoms with Crippen LogP contribution in [0.1, 0.15) is 19.3 Å². The number of hydrogen-bond acceptors (Lipinski definition) is 2. The Morgan fingerprint density at radius 1 is 1.44 bits per heavy atom. The third-order valence-corrected chi connectivity index (χ3v) is 2.92. The second kappa shape index (κ2) is 4.88. The van der Waals surface area contributed by atoms with Crippen LogP contribution in [-0.2, 0) is 0 Å². The third-order valence-electron chi connectivity index (χ3n) is 2.92. The van der Waals surface area contributed by atoms with Crippen molar-refractivity contribution in [1.82, 2.24) is 5.32 Å². The fourth-order valence-corrected chi connectivity index (χ4v) is 1.73. The molecular weight excluding hydrogens is 202 g/mol. The van der Waals surface area contributed by atoms with Crippen molar-refractivity contribution in [2.24, 2.45) is 5.92 Å². The fraction of sp³-hybridized carbons (Fsp3) is 0.417. The van der Waals surface area contributed by atoms with Gasteiger partial charge in [-0.05, 0) is 37.0 Å². The molecule has 0 radical (unpaired) electrons. The minimum absolute atomic E-state index is 0.155. The molecule has 1 aliphatic carbocycles. The standard InChI is InChI=1S/C12H17N3O/c13-10-5-2-6-11(7-10)15-12(16)14-8-9-3-1-4-9/h2,5-7,9H,1,3-4,8,13H2,(H2,14,15,16). The van der Waals surface area contributed by atoms with E-state index in [1.54, 1.807) is 12.1 Å². The molecule has 1 saturated carbocycles. The number of rotatable bonds is 3. The van der Waals surface area contributed by atoms with Gasteiger partial charge in [0.25, 0.3) is 0 Å². The van der Waals surface area contributed by atoms with Gasteiger partial charge in [0.1, 0.15) is 0 Å². The number of carbonyl (C=O) groups excluding carboxylic acids is 1. The van der Waals surface area contributed by atoms with E-state index in [9.17, 15) is 4.79 Å². The lowest BCUT2D eigenvalue weighted by atomic mass is 9.85. The largest absolute Gasteiger partial charge is 0.399 e. The van der Waals surface area contributed by atoms with Crippen LogP contribution >= 0.6 is 0 Å². The first-order valence-corrected chi connectivity index (χ1v) is 5.64. The lowest BCUT2D eigenvalue weighted by Gasteiger charge is -2.25. The summed E-state index contributed by atoms with van der Waals surface area (Å²) >= 11 is 0. The smallest absolute Gasteiger partial charge is 0.319 e. The highest BCUT2D eigenvalue weighted by molar-refractivity contribution is 5.89. The molecule has 1 aliphatic rings. The van der Waals surface area contributed by atoms with E-state index in [1.165, 1.54) is 19.3 Å². The Morgan fingerprint density at radius 2 is 2.25 bits per heavy atom. The molecule has 0 heterocycles. The molecule has 0 atom stereocenters. The molecular formula is C12H17N3O. The number of hydrogen-bond donors (Lipinski definition) is 3. The highest BCUT2D eigenvalue weighted by Gasteiger charge is 2.17. The second-order valence-corrected chi connectivity index (χ2v) is 4.26. The number of amides is 2. The van der Waals surface area contributed by atoms with Gasteiger partial charge in [-0.3, -0.25) is 0 Å². The first-order chi connectivity index (χ1) is 7.74. The normalized spacial score (nSPS) is 15.2. The molecule has 16 heavy (non-hydrogen) atoms. The Morgan fingerprint density at radius 3 is 2.88 bits per heavy atom. The summed E-state index contributed by atoms with van der Waals surface area (Å²) in [5.41, 5.74) is 6.99. The van der Waals surface area contributed by atoms with Crippen LogP contribution in [0.5, 0.6) is 0 Å². The van der Waals surface area contributed by atoms with Crippen LogP contribution < -0.4 is 16.4 Å².